The highest BCUT2D eigenvalue weighted by Crippen LogP contribution is 2.12. The van der Waals surface area contributed by atoms with Gasteiger partial charge in [0.25, 0.3) is 11.5 Å². The number of amides is 1. The van der Waals surface area contributed by atoms with Gasteiger partial charge in [0.1, 0.15) is 0 Å². The maximum Gasteiger partial charge on any atom is 0.269 e. The minimum atomic E-state index is -0.331. The van der Waals surface area contributed by atoms with Crippen LogP contribution in [-0.2, 0) is 6.54 Å². The Bertz CT molecular complexity index is 1180. The maximum atomic E-state index is 12.6. The van der Waals surface area contributed by atoms with E-state index in [9.17, 15) is 9.59 Å². The van der Waals surface area contributed by atoms with Crippen LogP contribution in [0.3, 0.4) is 0 Å². The number of benzene rings is 2. The Morgan fingerprint density at radius 1 is 1.11 bits per heavy atom. The van der Waals surface area contributed by atoms with Gasteiger partial charge < -0.3 is 4.57 Å². The largest absolute Gasteiger partial charge is 0.306 e. The second-order valence-corrected chi connectivity index (χ2v) is 6.10. The predicted molar refractivity (Wildman–Crippen MR) is 106 cm³/mol. The molecule has 0 aliphatic carbocycles. The predicted octanol–water partition coefficient (Wildman–Crippen LogP) is 2.36. The van der Waals surface area contributed by atoms with Crippen molar-refractivity contribution in [3.63, 3.8) is 0 Å². The molecule has 140 valence electrons. The number of aromatic nitrogens is 4. The highest BCUT2D eigenvalue weighted by molar-refractivity contribution is 5.95. The lowest BCUT2D eigenvalue weighted by Gasteiger charge is -2.14. The van der Waals surface area contributed by atoms with Gasteiger partial charge in [0.05, 0.1) is 17.2 Å². The second-order valence-electron chi connectivity index (χ2n) is 6.10. The average molecular weight is 374 g/mol. The first-order valence-electron chi connectivity index (χ1n) is 8.81. The molecular weight excluding hydrogens is 356 g/mol. The number of hydrogen-bond donors (Lipinski definition) is 2. The van der Waals surface area contributed by atoms with Crippen molar-refractivity contribution in [3.8, 4) is 5.69 Å². The summed E-state index contributed by atoms with van der Waals surface area (Å²) in [5.41, 5.74) is 7.17. The van der Waals surface area contributed by atoms with Gasteiger partial charge >= 0.3 is 0 Å². The number of carbonyl (C=O) groups excluding carboxylic acids is 1. The van der Waals surface area contributed by atoms with Crippen LogP contribution >= 0.6 is 0 Å². The Balaban J connectivity index is 1.54. The average Bonchev–Trinajstić information content (AvgIpc) is 3.27. The standard InChI is InChI=1S/C20H18N6O2/c1-2-26-19(28)16-5-3-4-6-17(16)22-20(26)24-23-18(27)14-7-9-15(10-8-14)25-12-11-21-13-25/h3-13H,2H2,1H3,(H,22,24)(H,23,27). The molecule has 0 atom stereocenters. The summed E-state index contributed by atoms with van der Waals surface area (Å²) in [6, 6.07) is 14.2. The number of rotatable bonds is 5. The summed E-state index contributed by atoms with van der Waals surface area (Å²) in [7, 11) is 0. The first kappa shape index (κ1) is 17.5. The summed E-state index contributed by atoms with van der Waals surface area (Å²) in [5.74, 6) is -0.0446. The van der Waals surface area contributed by atoms with E-state index in [1.807, 2.05) is 35.9 Å². The van der Waals surface area contributed by atoms with Crippen molar-refractivity contribution in [2.45, 2.75) is 13.5 Å². The summed E-state index contributed by atoms with van der Waals surface area (Å²) in [5, 5.41) is 0.538. The molecule has 0 spiro atoms. The van der Waals surface area contributed by atoms with Crippen LogP contribution in [-0.4, -0.2) is 25.0 Å². The van der Waals surface area contributed by atoms with E-state index in [0.717, 1.165) is 5.69 Å². The Hall–Kier alpha value is -3.94. The smallest absolute Gasteiger partial charge is 0.269 e. The topological polar surface area (TPSA) is 93.8 Å². The van der Waals surface area contributed by atoms with Gasteiger partial charge in [-0.15, -0.1) is 0 Å². The van der Waals surface area contributed by atoms with Crippen molar-refractivity contribution in [2.24, 2.45) is 0 Å². The SMILES string of the molecule is CCn1c(NNC(=O)c2ccc(-n3ccnc3)cc2)nc2ccccc2c1=O. The van der Waals surface area contributed by atoms with Crippen LogP contribution in [0.4, 0.5) is 5.95 Å². The lowest BCUT2D eigenvalue weighted by atomic mass is 10.2. The number of hydrogen-bond acceptors (Lipinski definition) is 5. The summed E-state index contributed by atoms with van der Waals surface area (Å²) >= 11 is 0. The number of nitrogens with one attached hydrogen (secondary N) is 2. The minimum Gasteiger partial charge on any atom is -0.306 e. The third kappa shape index (κ3) is 3.23. The summed E-state index contributed by atoms with van der Waals surface area (Å²) < 4.78 is 3.32. The van der Waals surface area contributed by atoms with Gasteiger partial charge in [-0.1, -0.05) is 12.1 Å². The fraction of sp³-hybridized carbons (Fsp3) is 0.100. The van der Waals surface area contributed by atoms with Gasteiger partial charge in [-0.3, -0.25) is 25.0 Å². The molecule has 0 fully saturated rings. The maximum absolute atomic E-state index is 12.6. The number of fused-ring (bicyclic) bond motifs is 1. The van der Waals surface area contributed by atoms with E-state index in [2.05, 4.69) is 20.8 Å². The van der Waals surface area contributed by atoms with E-state index < -0.39 is 0 Å². The number of hydrazine groups is 1. The van der Waals surface area contributed by atoms with E-state index in [-0.39, 0.29) is 17.4 Å². The van der Waals surface area contributed by atoms with Crippen molar-refractivity contribution < 1.29 is 4.79 Å². The quantitative estimate of drug-likeness (QED) is 0.523. The zero-order chi connectivity index (χ0) is 19.5. The Kier molecular flexibility index (Phi) is 4.59. The summed E-state index contributed by atoms with van der Waals surface area (Å²) in [4.78, 5) is 33.5. The number of anilines is 1. The molecule has 2 heterocycles. The van der Waals surface area contributed by atoms with Crippen LogP contribution in [0, 0.1) is 0 Å². The lowest BCUT2D eigenvalue weighted by Crippen LogP contribution is -2.34. The van der Waals surface area contributed by atoms with Gasteiger partial charge in [0.2, 0.25) is 5.95 Å². The fourth-order valence-corrected chi connectivity index (χ4v) is 2.94. The molecule has 8 heteroatoms. The summed E-state index contributed by atoms with van der Waals surface area (Å²) in [6.45, 7) is 2.27. The first-order valence-corrected chi connectivity index (χ1v) is 8.81. The number of carbonyl (C=O) groups is 1. The van der Waals surface area contributed by atoms with Crippen molar-refractivity contribution in [2.75, 3.05) is 5.43 Å². The molecule has 4 aromatic rings. The Labute approximate surface area is 160 Å². The fourth-order valence-electron chi connectivity index (χ4n) is 2.94. The van der Waals surface area contributed by atoms with E-state index in [1.165, 1.54) is 4.57 Å². The molecule has 0 bridgehead atoms. The molecule has 0 saturated carbocycles. The molecular formula is C20H18N6O2. The Morgan fingerprint density at radius 2 is 1.89 bits per heavy atom. The third-order valence-electron chi connectivity index (χ3n) is 4.40. The molecule has 1 amide bonds. The molecule has 4 rings (SSSR count). The molecule has 2 aromatic heterocycles. The van der Waals surface area contributed by atoms with E-state index in [0.29, 0.717) is 23.0 Å². The van der Waals surface area contributed by atoms with Gasteiger partial charge in [-0.05, 0) is 43.3 Å². The van der Waals surface area contributed by atoms with E-state index in [4.69, 9.17) is 0 Å². The van der Waals surface area contributed by atoms with Crippen molar-refractivity contribution in [1.82, 2.24) is 24.5 Å². The highest BCUT2D eigenvalue weighted by Gasteiger charge is 2.11. The van der Waals surface area contributed by atoms with E-state index in [1.54, 1.807) is 42.9 Å². The second kappa shape index (κ2) is 7.36. The zero-order valence-corrected chi connectivity index (χ0v) is 15.2. The highest BCUT2D eigenvalue weighted by atomic mass is 16.2. The van der Waals surface area contributed by atoms with Crippen molar-refractivity contribution >= 4 is 22.8 Å². The number of imidazole rings is 1. The molecule has 8 nitrogen and oxygen atoms in total. The summed E-state index contributed by atoms with van der Waals surface area (Å²) in [6.07, 6.45) is 5.20. The molecule has 28 heavy (non-hydrogen) atoms. The molecule has 0 aliphatic heterocycles. The van der Waals surface area contributed by atoms with Crippen LogP contribution in [0.15, 0.2) is 72.0 Å². The molecule has 0 unspecified atom stereocenters. The molecule has 0 saturated heterocycles. The minimum absolute atomic E-state index is 0.158. The van der Waals surface area contributed by atoms with Gasteiger partial charge in [0, 0.05) is 30.2 Å². The Morgan fingerprint density at radius 3 is 2.61 bits per heavy atom. The number of para-hydroxylation sites is 1. The normalized spacial score (nSPS) is 10.8. The van der Waals surface area contributed by atoms with E-state index >= 15 is 0 Å². The number of nitrogens with zero attached hydrogens (tertiary/aromatic N) is 4. The van der Waals surface area contributed by atoms with Crippen LogP contribution in [0.25, 0.3) is 16.6 Å². The molecule has 2 N–H and O–H groups in total. The van der Waals surface area contributed by atoms with Gasteiger partial charge in [0.15, 0.2) is 0 Å². The van der Waals surface area contributed by atoms with Crippen LogP contribution in [0.5, 0.6) is 0 Å². The van der Waals surface area contributed by atoms with Crippen LogP contribution in [0.2, 0.25) is 0 Å². The van der Waals surface area contributed by atoms with Crippen LogP contribution < -0.4 is 16.4 Å². The monoisotopic (exact) mass is 374 g/mol. The van der Waals surface area contributed by atoms with Crippen molar-refractivity contribution in [1.29, 1.82) is 0 Å². The molecule has 0 radical (unpaired) electrons. The van der Waals surface area contributed by atoms with Crippen LogP contribution in [0.1, 0.15) is 17.3 Å². The molecule has 2 aromatic carbocycles. The zero-order valence-electron chi connectivity index (χ0n) is 15.2. The van der Waals surface area contributed by atoms with Gasteiger partial charge in [-0.2, -0.15) is 0 Å². The van der Waals surface area contributed by atoms with Crippen molar-refractivity contribution in [3.05, 3.63) is 83.2 Å². The molecule has 0 aliphatic rings. The first-order chi connectivity index (χ1) is 13.7. The third-order valence-corrected chi connectivity index (χ3v) is 4.40. The van der Waals surface area contributed by atoms with Gasteiger partial charge in [-0.25, -0.2) is 9.97 Å². The lowest BCUT2D eigenvalue weighted by molar-refractivity contribution is 0.0962.